The summed E-state index contributed by atoms with van der Waals surface area (Å²) in [6.45, 7) is 2.34. The second-order valence-electron chi connectivity index (χ2n) is 5.50. The number of nitrogens with zero attached hydrogens (tertiary/aromatic N) is 1. The fraction of sp³-hybridized carbons (Fsp3) is 0.500. The number of likely N-dealkylation sites (N-methyl/N-ethyl adjacent to an activating group) is 1. The van der Waals surface area contributed by atoms with Crippen LogP contribution in [0.2, 0.25) is 0 Å². The van der Waals surface area contributed by atoms with E-state index in [1.54, 1.807) is 24.1 Å². The Labute approximate surface area is 125 Å². The summed E-state index contributed by atoms with van der Waals surface area (Å²) in [5.41, 5.74) is 1.09. The fourth-order valence-corrected chi connectivity index (χ4v) is 2.73. The summed E-state index contributed by atoms with van der Waals surface area (Å²) < 4.78 is 0. The molecule has 0 aromatic heterocycles. The number of rotatable bonds is 5. The van der Waals surface area contributed by atoms with E-state index in [0.717, 1.165) is 31.5 Å². The highest BCUT2D eigenvalue weighted by atomic mass is 16.4. The zero-order chi connectivity index (χ0) is 15.2. The van der Waals surface area contributed by atoms with Crippen LogP contribution in [-0.4, -0.2) is 48.6 Å². The van der Waals surface area contributed by atoms with Gasteiger partial charge < -0.3 is 15.3 Å². The lowest BCUT2D eigenvalue weighted by molar-refractivity contribution is -0.134. The van der Waals surface area contributed by atoms with Gasteiger partial charge in [0.05, 0.1) is 5.56 Å². The standard InChI is InChI=1S/C16H22N2O3/c1-18(15(19)13-6-9-17-10-7-13)11-8-12-4-2-3-5-14(12)16(20)21/h2-5,13,17H,6-11H2,1H3,(H,20,21). The van der Waals surface area contributed by atoms with Gasteiger partial charge in [-0.25, -0.2) is 4.79 Å². The van der Waals surface area contributed by atoms with E-state index >= 15 is 0 Å². The minimum atomic E-state index is -0.919. The summed E-state index contributed by atoms with van der Waals surface area (Å²) in [6.07, 6.45) is 2.33. The molecule has 5 heteroatoms. The lowest BCUT2D eigenvalue weighted by Crippen LogP contribution is -2.40. The minimum Gasteiger partial charge on any atom is -0.478 e. The first-order chi connectivity index (χ1) is 10.1. The summed E-state index contributed by atoms with van der Waals surface area (Å²) in [7, 11) is 1.80. The summed E-state index contributed by atoms with van der Waals surface area (Å²) in [5, 5.41) is 12.4. The van der Waals surface area contributed by atoms with Crippen LogP contribution in [0, 0.1) is 5.92 Å². The van der Waals surface area contributed by atoms with Crippen LogP contribution in [0.3, 0.4) is 0 Å². The van der Waals surface area contributed by atoms with Crippen LogP contribution in [0.1, 0.15) is 28.8 Å². The number of carbonyl (C=O) groups excluding carboxylic acids is 1. The molecule has 2 N–H and O–H groups in total. The van der Waals surface area contributed by atoms with Crippen molar-refractivity contribution >= 4 is 11.9 Å². The van der Waals surface area contributed by atoms with Crippen molar-refractivity contribution in [2.75, 3.05) is 26.7 Å². The molecule has 0 aliphatic carbocycles. The molecule has 114 valence electrons. The van der Waals surface area contributed by atoms with Crippen LogP contribution in [0.5, 0.6) is 0 Å². The number of hydrogen-bond donors (Lipinski definition) is 2. The quantitative estimate of drug-likeness (QED) is 0.859. The Bertz CT molecular complexity index is 510. The lowest BCUT2D eigenvalue weighted by Gasteiger charge is -2.27. The summed E-state index contributed by atoms with van der Waals surface area (Å²) in [4.78, 5) is 25.2. The number of nitrogens with one attached hydrogen (secondary N) is 1. The maximum atomic E-state index is 12.3. The molecule has 21 heavy (non-hydrogen) atoms. The summed E-state index contributed by atoms with van der Waals surface area (Å²) in [6, 6.07) is 6.96. The largest absolute Gasteiger partial charge is 0.478 e. The molecule has 0 spiro atoms. The first kappa shape index (κ1) is 15.5. The molecule has 0 unspecified atom stereocenters. The van der Waals surface area contributed by atoms with E-state index in [-0.39, 0.29) is 11.8 Å². The zero-order valence-electron chi connectivity index (χ0n) is 12.3. The summed E-state index contributed by atoms with van der Waals surface area (Å²) >= 11 is 0. The molecule has 1 saturated heterocycles. The lowest BCUT2D eigenvalue weighted by atomic mass is 9.96. The predicted molar refractivity (Wildman–Crippen MR) is 80.3 cm³/mol. The van der Waals surface area contributed by atoms with Crippen molar-refractivity contribution in [1.82, 2.24) is 10.2 Å². The van der Waals surface area contributed by atoms with Gasteiger partial charge in [-0.15, -0.1) is 0 Å². The van der Waals surface area contributed by atoms with Gasteiger partial charge in [-0.1, -0.05) is 18.2 Å². The van der Waals surface area contributed by atoms with Gasteiger partial charge in [-0.05, 0) is 44.0 Å². The Kier molecular flexibility index (Phi) is 5.33. The van der Waals surface area contributed by atoms with Crippen LogP contribution in [0.15, 0.2) is 24.3 Å². The third-order valence-corrected chi connectivity index (χ3v) is 4.03. The van der Waals surface area contributed by atoms with E-state index < -0.39 is 5.97 Å². The van der Waals surface area contributed by atoms with E-state index in [0.29, 0.717) is 18.5 Å². The molecule has 1 aliphatic heterocycles. The van der Waals surface area contributed by atoms with Crippen LogP contribution < -0.4 is 5.32 Å². The van der Waals surface area contributed by atoms with Gasteiger partial charge in [0.1, 0.15) is 0 Å². The Morgan fingerprint density at radius 1 is 1.29 bits per heavy atom. The monoisotopic (exact) mass is 290 g/mol. The van der Waals surface area contributed by atoms with Crippen molar-refractivity contribution < 1.29 is 14.7 Å². The third kappa shape index (κ3) is 4.04. The Hall–Kier alpha value is -1.88. The van der Waals surface area contributed by atoms with Gasteiger partial charge in [-0.2, -0.15) is 0 Å². The van der Waals surface area contributed by atoms with E-state index in [9.17, 15) is 9.59 Å². The molecule has 1 aromatic rings. The van der Waals surface area contributed by atoms with Crippen molar-refractivity contribution in [1.29, 1.82) is 0 Å². The first-order valence-electron chi connectivity index (χ1n) is 7.36. The van der Waals surface area contributed by atoms with Crippen molar-refractivity contribution in [3.05, 3.63) is 35.4 Å². The van der Waals surface area contributed by atoms with Gasteiger partial charge in [-0.3, -0.25) is 4.79 Å². The van der Waals surface area contributed by atoms with Gasteiger partial charge in [0, 0.05) is 19.5 Å². The molecule has 1 heterocycles. The Balaban J connectivity index is 1.93. The zero-order valence-corrected chi connectivity index (χ0v) is 12.3. The molecule has 0 saturated carbocycles. The van der Waals surface area contributed by atoms with E-state index in [4.69, 9.17) is 5.11 Å². The highest BCUT2D eigenvalue weighted by Crippen LogP contribution is 2.15. The average molecular weight is 290 g/mol. The molecule has 1 amide bonds. The number of carboxylic acids is 1. The Morgan fingerprint density at radius 3 is 2.62 bits per heavy atom. The van der Waals surface area contributed by atoms with Crippen molar-refractivity contribution in [3.8, 4) is 0 Å². The number of benzene rings is 1. The van der Waals surface area contributed by atoms with E-state index in [1.807, 2.05) is 12.1 Å². The SMILES string of the molecule is CN(CCc1ccccc1C(=O)O)C(=O)C1CCNCC1. The number of amides is 1. The highest BCUT2D eigenvalue weighted by molar-refractivity contribution is 5.89. The molecule has 1 aromatic carbocycles. The molecule has 5 nitrogen and oxygen atoms in total. The summed E-state index contributed by atoms with van der Waals surface area (Å²) in [5.74, 6) is -0.645. The van der Waals surface area contributed by atoms with Gasteiger partial charge in [0.25, 0.3) is 0 Å². The van der Waals surface area contributed by atoms with E-state index in [1.165, 1.54) is 0 Å². The molecule has 0 radical (unpaired) electrons. The van der Waals surface area contributed by atoms with Crippen molar-refractivity contribution in [2.45, 2.75) is 19.3 Å². The number of piperidine rings is 1. The average Bonchev–Trinajstić information content (AvgIpc) is 2.52. The molecular weight excluding hydrogens is 268 g/mol. The third-order valence-electron chi connectivity index (χ3n) is 4.03. The molecule has 1 aliphatic rings. The molecule has 1 fully saturated rings. The fourth-order valence-electron chi connectivity index (χ4n) is 2.73. The van der Waals surface area contributed by atoms with Crippen molar-refractivity contribution in [3.63, 3.8) is 0 Å². The number of carboxylic acid groups (broad SMARTS) is 1. The second kappa shape index (κ2) is 7.22. The minimum absolute atomic E-state index is 0.103. The number of carbonyl (C=O) groups is 2. The van der Waals surface area contributed by atoms with Gasteiger partial charge in [0.2, 0.25) is 5.91 Å². The molecular formula is C16H22N2O3. The van der Waals surface area contributed by atoms with E-state index in [2.05, 4.69) is 5.32 Å². The van der Waals surface area contributed by atoms with Crippen molar-refractivity contribution in [2.24, 2.45) is 5.92 Å². The van der Waals surface area contributed by atoms with Gasteiger partial charge >= 0.3 is 5.97 Å². The first-order valence-corrected chi connectivity index (χ1v) is 7.36. The van der Waals surface area contributed by atoms with Crippen LogP contribution in [-0.2, 0) is 11.2 Å². The highest BCUT2D eigenvalue weighted by Gasteiger charge is 2.23. The molecule has 0 bridgehead atoms. The second-order valence-corrected chi connectivity index (χ2v) is 5.50. The molecule has 2 rings (SSSR count). The Morgan fingerprint density at radius 2 is 1.95 bits per heavy atom. The smallest absolute Gasteiger partial charge is 0.335 e. The number of aromatic carboxylic acids is 1. The van der Waals surface area contributed by atoms with Crippen LogP contribution >= 0.6 is 0 Å². The number of hydrogen-bond acceptors (Lipinski definition) is 3. The predicted octanol–water partition coefficient (Wildman–Crippen LogP) is 1.39. The normalized spacial score (nSPS) is 15.7. The van der Waals surface area contributed by atoms with Crippen LogP contribution in [0.4, 0.5) is 0 Å². The molecule has 0 atom stereocenters. The van der Waals surface area contributed by atoms with Gasteiger partial charge in [0.15, 0.2) is 0 Å². The topological polar surface area (TPSA) is 69.6 Å². The maximum absolute atomic E-state index is 12.3. The maximum Gasteiger partial charge on any atom is 0.335 e. The van der Waals surface area contributed by atoms with Crippen LogP contribution in [0.25, 0.3) is 0 Å².